The number of esters is 1. The SMILES string of the molecule is CC(=O)OC1CC2C(=CCC3C(C)(C)C(OC4OCC(O)C(O)C4O)CCC23C)C2(C)CC3OC4(O)C(OC(C)(C)C4O)C(C)C3C12C. The zero-order chi connectivity index (χ0) is 35.1. The monoisotopic (exact) mass is 678 g/mol. The van der Waals surface area contributed by atoms with Gasteiger partial charge < -0.3 is 49.2 Å². The predicted octanol–water partition coefficient (Wildman–Crippen LogP) is 2.83. The summed E-state index contributed by atoms with van der Waals surface area (Å²) in [6.07, 6.45) is -1.73. The van der Waals surface area contributed by atoms with Crippen molar-refractivity contribution in [3.63, 3.8) is 0 Å². The molecule has 3 aliphatic heterocycles. The minimum Gasteiger partial charge on any atom is -0.462 e. The summed E-state index contributed by atoms with van der Waals surface area (Å²) >= 11 is 0. The lowest BCUT2D eigenvalue weighted by Crippen LogP contribution is -2.65. The summed E-state index contributed by atoms with van der Waals surface area (Å²) in [5.74, 6) is -2.10. The molecule has 7 rings (SSSR count). The number of hydrogen-bond acceptors (Lipinski definition) is 11. The van der Waals surface area contributed by atoms with E-state index < -0.39 is 65.1 Å². The average molecular weight is 679 g/mol. The molecule has 272 valence electrons. The highest BCUT2D eigenvalue weighted by molar-refractivity contribution is 5.66. The van der Waals surface area contributed by atoms with Gasteiger partial charge in [0, 0.05) is 23.7 Å². The Morgan fingerprint density at radius 1 is 0.979 bits per heavy atom. The molecule has 3 saturated heterocycles. The van der Waals surface area contributed by atoms with Gasteiger partial charge in [-0.15, -0.1) is 0 Å². The van der Waals surface area contributed by atoms with Crippen LogP contribution in [-0.4, -0.2) is 105 Å². The zero-order valence-electron chi connectivity index (χ0n) is 30.0. The van der Waals surface area contributed by atoms with E-state index in [4.69, 9.17) is 23.7 Å². The van der Waals surface area contributed by atoms with Crippen molar-refractivity contribution in [2.75, 3.05) is 6.61 Å². The largest absolute Gasteiger partial charge is 0.462 e. The average Bonchev–Trinajstić information content (AvgIpc) is 3.34. The third kappa shape index (κ3) is 4.47. The first-order chi connectivity index (χ1) is 22.1. The molecule has 11 heteroatoms. The molecule has 17 unspecified atom stereocenters. The van der Waals surface area contributed by atoms with Crippen LogP contribution in [0.1, 0.15) is 94.4 Å². The lowest BCUT2D eigenvalue weighted by Gasteiger charge is -2.66. The third-order valence-electron chi connectivity index (χ3n) is 15.2. The molecule has 0 aromatic carbocycles. The number of rotatable bonds is 3. The minimum absolute atomic E-state index is 0.0954. The highest BCUT2D eigenvalue weighted by Crippen LogP contribution is 2.75. The standard InChI is InChI=1S/C37H58O11/c1-17-26-22(47-37(43)29(17)48-33(5,6)31(37)42)15-35(8)19-10-11-23-32(3,4)24(46-30-28(41)27(40)21(39)16-44-30)12-13-34(23,7)20(19)14-25(36(26,35)9)45-18(2)38/h10,17,20-31,39-43H,11-16H2,1-9H3. The Kier molecular flexibility index (Phi) is 8.03. The normalized spacial score (nSPS) is 56.5. The molecule has 6 fully saturated rings. The van der Waals surface area contributed by atoms with E-state index in [2.05, 4.69) is 47.6 Å². The molecule has 0 spiro atoms. The maximum atomic E-state index is 12.8. The van der Waals surface area contributed by atoms with Crippen LogP contribution in [-0.2, 0) is 28.5 Å². The second-order valence-electron chi connectivity index (χ2n) is 18.2. The summed E-state index contributed by atoms with van der Waals surface area (Å²) in [5, 5.41) is 54.0. The first-order valence-electron chi connectivity index (χ1n) is 18.1. The van der Waals surface area contributed by atoms with Crippen molar-refractivity contribution in [1.29, 1.82) is 0 Å². The quantitative estimate of drug-likeness (QED) is 0.220. The number of aliphatic hydroxyl groups excluding tert-OH is 4. The molecule has 0 amide bonds. The number of fused-ring (bicyclic) bond motifs is 8. The van der Waals surface area contributed by atoms with Crippen LogP contribution < -0.4 is 0 Å². The highest BCUT2D eigenvalue weighted by Gasteiger charge is 2.77. The Morgan fingerprint density at radius 3 is 2.33 bits per heavy atom. The summed E-state index contributed by atoms with van der Waals surface area (Å²) in [6.45, 7) is 18.3. The molecular weight excluding hydrogens is 620 g/mol. The molecule has 11 nitrogen and oxygen atoms in total. The van der Waals surface area contributed by atoms with Gasteiger partial charge in [-0.3, -0.25) is 4.79 Å². The van der Waals surface area contributed by atoms with Crippen molar-refractivity contribution in [1.82, 2.24) is 0 Å². The first kappa shape index (κ1) is 35.3. The van der Waals surface area contributed by atoms with Gasteiger partial charge in [0.25, 0.3) is 0 Å². The maximum Gasteiger partial charge on any atom is 0.302 e. The molecule has 0 bridgehead atoms. The summed E-state index contributed by atoms with van der Waals surface area (Å²) in [6, 6.07) is 0. The van der Waals surface area contributed by atoms with Crippen LogP contribution in [0.25, 0.3) is 0 Å². The molecule has 0 aromatic heterocycles. The Labute approximate surface area is 284 Å². The molecule has 5 N–H and O–H groups in total. The molecule has 0 aromatic rings. The molecule has 7 aliphatic rings. The van der Waals surface area contributed by atoms with Gasteiger partial charge in [-0.25, -0.2) is 0 Å². The van der Waals surface area contributed by atoms with Gasteiger partial charge in [-0.1, -0.05) is 53.2 Å². The molecule has 3 saturated carbocycles. The van der Waals surface area contributed by atoms with Crippen LogP contribution in [0.4, 0.5) is 0 Å². The summed E-state index contributed by atoms with van der Waals surface area (Å²) in [7, 11) is 0. The Morgan fingerprint density at radius 2 is 1.67 bits per heavy atom. The van der Waals surface area contributed by atoms with Gasteiger partial charge in [0.1, 0.15) is 36.6 Å². The second kappa shape index (κ2) is 10.9. The van der Waals surface area contributed by atoms with Crippen molar-refractivity contribution in [3.8, 4) is 0 Å². The van der Waals surface area contributed by atoms with Crippen molar-refractivity contribution in [3.05, 3.63) is 11.6 Å². The topological polar surface area (TPSA) is 164 Å². The van der Waals surface area contributed by atoms with Crippen LogP contribution in [0.3, 0.4) is 0 Å². The van der Waals surface area contributed by atoms with Gasteiger partial charge in [0.15, 0.2) is 6.29 Å². The highest BCUT2D eigenvalue weighted by atomic mass is 16.7. The van der Waals surface area contributed by atoms with Gasteiger partial charge in [-0.05, 0) is 74.5 Å². The van der Waals surface area contributed by atoms with E-state index in [0.29, 0.717) is 19.3 Å². The van der Waals surface area contributed by atoms with Crippen LogP contribution in [0.2, 0.25) is 0 Å². The lowest BCUT2D eigenvalue weighted by molar-refractivity contribution is -0.329. The fourth-order valence-corrected chi connectivity index (χ4v) is 12.6. The fourth-order valence-electron chi connectivity index (χ4n) is 12.6. The Bertz CT molecular complexity index is 1350. The second-order valence-corrected chi connectivity index (χ2v) is 18.2. The summed E-state index contributed by atoms with van der Waals surface area (Å²) < 4.78 is 31.4. The smallest absolute Gasteiger partial charge is 0.302 e. The summed E-state index contributed by atoms with van der Waals surface area (Å²) in [4.78, 5) is 12.8. The van der Waals surface area contributed by atoms with Crippen LogP contribution in [0, 0.1) is 45.3 Å². The van der Waals surface area contributed by atoms with E-state index in [-0.39, 0.29) is 59.3 Å². The summed E-state index contributed by atoms with van der Waals surface area (Å²) in [5.41, 5.74) is -1.04. The van der Waals surface area contributed by atoms with E-state index in [9.17, 15) is 30.3 Å². The number of carbonyl (C=O) groups is 1. The molecule has 48 heavy (non-hydrogen) atoms. The van der Waals surface area contributed by atoms with E-state index >= 15 is 0 Å². The van der Waals surface area contributed by atoms with Crippen molar-refractivity contribution >= 4 is 5.97 Å². The molecule has 17 atom stereocenters. The van der Waals surface area contributed by atoms with E-state index in [1.807, 2.05) is 0 Å². The van der Waals surface area contributed by atoms with Gasteiger partial charge in [-0.2, -0.15) is 0 Å². The minimum atomic E-state index is -1.83. The van der Waals surface area contributed by atoms with Gasteiger partial charge >= 0.3 is 5.97 Å². The number of hydrogen-bond donors (Lipinski definition) is 5. The first-order valence-corrected chi connectivity index (χ1v) is 18.1. The maximum absolute atomic E-state index is 12.8. The van der Waals surface area contributed by atoms with Crippen LogP contribution >= 0.6 is 0 Å². The van der Waals surface area contributed by atoms with Crippen molar-refractivity contribution in [2.24, 2.45) is 45.3 Å². The Hall–Kier alpha value is -1.15. The van der Waals surface area contributed by atoms with E-state index in [1.54, 1.807) is 13.8 Å². The molecule has 0 radical (unpaired) electrons. The lowest BCUT2D eigenvalue weighted by atomic mass is 9.40. The van der Waals surface area contributed by atoms with Crippen molar-refractivity contribution in [2.45, 2.75) is 161 Å². The van der Waals surface area contributed by atoms with Gasteiger partial charge in [0.2, 0.25) is 5.79 Å². The number of allylic oxidation sites excluding steroid dienone is 2. The number of ether oxygens (including phenoxy) is 5. The molecular formula is C37H58O11. The zero-order valence-corrected chi connectivity index (χ0v) is 30.0. The van der Waals surface area contributed by atoms with E-state index in [1.165, 1.54) is 12.5 Å². The van der Waals surface area contributed by atoms with Gasteiger partial charge in [0.05, 0.1) is 24.4 Å². The molecule has 3 heterocycles. The number of aliphatic hydroxyl groups is 5. The van der Waals surface area contributed by atoms with Crippen LogP contribution in [0.5, 0.6) is 0 Å². The fraction of sp³-hybridized carbons (Fsp3) is 0.919. The van der Waals surface area contributed by atoms with Crippen LogP contribution in [0.15, 0.2) is 11.6 Å². The Balaban J connectivity index is 1.24. The molecule has 4 aliphatic carbocycles. The van der Waals surface area contributed by atoms with E-state index in [0.717, 1.165) is 12.8 Å². The number of carbonyl (C=O) groups excluding carboxylic acids is 1. The van der Waals surface area contributed by atoms with Crippen molar-refractivity contribution < 1.29 is 54.0 Å². The predicted molar refractivity (Wildman–Crippen MR) is 172 cm³/mol. The third-order valence-corrected chi connectivity index (χ3v) is 15.2.